The number of nitrogens with zero attached hydrogens (tertiary/aromatic N) is 8. The standard InChI is InChI=1S/C21H14ClN3.C18H15P.C17H12.C16H11NO2.C15H10ClN3.C10H9BO2.C6H6BClO2.C6H4BrNO2/c22-18-13-11-17(12-14-18)21-24-19(15-7-3-1-4-8-15)23-20(25-21)16-9-5-2-6-10-16;1-4-10-16(11-5-1)19(17-12-6-2-7-13-17)18-14-8-3-9-15-18;1-3-7-15-12(5-1)9-10-14-11-13-6-2-4-8-16(13)17(14)15;18-17(19)16-11-4-3-9-15(16)14-10-5-7-12-6-1-2-8-13(12)14;16-15-18-13(11-7-3-1-4-8-11)17-14(19-15)12-9-5-2-6-10-12;12-11(13)10-7-3-5-8-4-1-2-6-9(8)10;8-6-3-1-5(2-4-6)7(9)10;7-5-3-1-2-4-6(5)8(9)10/h1-14H;1-15H;1-10H,11H2;1-11H;1-10H;1-7,12-13H;1-4,9-10H;1-4H. The molecule has 0 saturated carbocycles. The van der Waals surface area contributed by atoms with E-state index < -0.39 is 27.1 Å². The van der Waals surface area contributed by atoms with Gasteiger partial charge in [0.05, 0.1) is 19.9 Å². The summed E-state index contributed by atoms with van der Waals surface area (Å²) in [6.07, 6.45) is 1.08. The van der Waals surface area contributed by atoms with E-state index in [2.05, 4.69) is 197 Å². The van der Waals surface area contributed by atoms with Gasteiger partial charge in [-0.15, -0.1) is 0 Å². The summed E-state index contributed by atoms with van der Waals surface area (Å²) in [4.78, 5) is 47.4. The van der Waals surface area contributed by atoms with Gasteiger partial charge < -0.3 is 20.1 Å². The molecule has 18 aromatic carbocycles. The number of hydrogen-bond donors (Lipinski definition) is 4. The van der Waals surface area contributed by atoms with E-state index >= 15 is 0 Å². The third-order valence-corrected chi connectivity index (χ3v) is 24.5. The van der Waals surface area contributed by atoms with Crippen molar-refractivity contribution >= 4 is 143 Å². The van der Waals surface area contributed by atoms with Crippen LogP contribution in [0.15, 0.2) is 459 Å². The Bertz CT molecular complexity index is 6990. The number of benzene rings is 18. The van der Waals surface area contributed by atoms with E-state index in [-0.39, 0.29) is 21.6 Å². The minimum atomic E-state index is -1.41. The van der Waals surface area contributed by atoms with Gasteiger partial charge in [-0.3, -0.25) is 20.2 Å². The fraction of sp³-hybridized carbons (Fsp3) is 0.00917. The molecule has 0 saturated heterocycles. The molecule has 0 bridgehead atoms. The Kier molecular flexibility index (Phi) is 33.3. The van der Waals surface area contributed by atoms with Gasteiger partial charge in [0.15, 0.2) is 29.1 Å². The molecule has 0 radical (unpaired) electrons. The van der Waals surface area contributed by atoms with Crippen LogP contribution in [-0.2, 0) is 6.42 Å². The predicted molar refractivity (Wildman–Crippen MR) is 546 cm³/mol. The molecular formula is C109H81B2BrCl3N8O8P. The number of aromatic nitrogens is 6. The van der Waals surface area contributed by atoms with E-state index in [9.17, 15) is 20.2 Å². The van der Waals surface area contributed by atoms with Crippen LogP contribution in [0.1, 0.15) is 11.1 Å². The van der Waals surface area contributed by atoms with Crippen molar-refractivity contribution in [2.24, 2.45) is 0 Å². The average molecular weight is 1870 g/mol. The van der Waals surface area contributed by atoms with E-state index in [0.29, 0.717) is 60.1 Å². The number of fused-ring (bicyclic) bond motifs is 7. The largest absolute Gasteiger partial charge is 0.489 e. The van der Waals surface area contributed by atoms with Crippen LogP contribution in [-0.4, -0.2) is 74.1 Å². The molecule has 0 spiro atoms. The third-order valence-electron chi connectivity index (χ3n) is 20.7. The van der Waals surface area contributed by atoms with Crippen molar-refractivity contribution in [3.05, 3.63) is 506 Å². The summed E-state index contributed by atoms with van der Waals surface area (Å²) in [5.41, 5.74) is 13.2. The molecule has 0 aliphatic heterocycles. The van der Waals surface area contributed by atoms with Crippen molar-refractivity contribution in [2.45, 2.75) is 6.42 Å². The molecule has 16 nitrogen and oxygen atoms in total. The van der Waals surface area contributed by atoms with E-state index in [4.69, 9.17) is 54.9 Å². The van der Waals surface area contributed by atoms with Crippen LogP contribution in [0.5, 0.6) is 0 Å². The maximum absolute atomic E-state index is 11.1. The maximum Gasteiger partial charge on any atom is 0.489 e. The Morgan fingerprint density at radius 2 is 0.621 bits per heavy atom. The maximum atomic E-state index is 11.1. The quantitative estimate of drug-likeness (QED) is 0.0363. The minimum Gasteiger partial charge on any atom is -0.423 e. The van der Waals surface area contributed by atoms with Crippen LogP contribution < -0.4 is 26.8 Å². The molecule has 0 amide bonds. The molecule has 1 aliphatic carbocycles. The molecule has 0 atom stereocenters. The van der Waals surface area contributed by atoms with E-state index in [1.165, 1.54) is 61.1 Å². The smallest absolute Gasteiger partial charge is 0.423 e. The van der Waals surface area contributed by atoms with Crippen molar-refractivity contribution in [1.29, 1.82) is 0 Å². The van der Waals surface area contributed by atoms with Crippen molar-refractivity contribution < 1.29 is 29.9 Å². The van der Waals surface area contributed by atoms with Crippen LogP contribution >= 0.6 is 58.7 Å². The van der Waals surface area contributed by atoms with Crippen molar-refractivity contribution in [3.8, 4) is 79.2 Å². The molecule has 132 heavy (non-hydrogen) atoms. The zero-order valence-corrected chi connectivity index (χ0v) is 75.4. The zero-order valence-electron chi connectivity index (χ0n) is 70.6. The molecule has 644 valence electrons. The highest BCUT2D eigenvalue weighted by Gasteiger charge is 2.22. The molecule has 20 aromatic rings. The Labute approximate surface area is 789 Å². The Morgan fingerprint density at radius 3 is 1.06 bits per heavy atom. The van der Waals surface area contributed by atoms with Gasteiger partial charge >= 0.3 is 14.2 Å². The number of halogens is 4. The molecule has 21 rings (SSSR count). The number of rotatable bonds is 13. The lowest BCUT2D eigenvalue weighted by atomic mass is 9.77. The monoisotopic (exact) mass is 1870 g/mol. The summed E-state index contributed by atoms with van der Waals surface area (Å²) in [6.45, 7) is 0. The van der Waals surface area contributed by atoms with Crippen LogP contribution in [0, 0.1) is 20.2 Å². The van der Waals surface area contributed by atoms with E-state index in [1.807, 2.05) is 231 Å². The average Bonchev–Trinajstić information content (AvgIpc) is 1.60. The lowest BCUT2D eigenvalue weighted by Crippen LogP contribution is -2.30. The van der Waals surface area contributed by atoms with Crippen molar-refractivity contribution in [3.63, 3.8) is 0 Å². The molecule has 4 N–H and O–H groups in total. The lowest BCUT2D eigenvalue weighted by molar-refractivity contribution is -0.385. The Morgan fingerprint density at radius 1 is 0.288 bits per heavy atom. The molecular weight excluding hydrogens is 1790 g/mol. The first-order valence-corrected chi connectivity index (χ1v) is 45.0. The first kappa shape index (κ1) is 93.5. The third kappa shape index (κ3) is 25.2. The zero-order chi connectivity index (χ0) is 91.9. The summed E-state index contributed by atoms with van der Waals surface area (Å²) in [5.74, 6) is 3.10. The topological polar surface area (TPSA) is 245 Å². The van der Waals surface area contributed by atoms with Gasteiger partial charge in [-0.1, -0.05) is 418 Å². The first-order valence-electron chi connectivity index (χ1n) is 41.7. The molecule has 0 unspecified atom stereocenters. The Balaban J connectivity index is 0.000000123. The lowest BCUT2D eigenvalue weighted by Gasteiger charge is -2.18. The van der Waals surface area contributed by atoms with E-state index in [1.54, 1.807) is 60.7 Å². The van der Waals surface area contributed by atoms with Gasteiger partial charge in [0.1, 0.15) is 0 Å². The van der Waals surface area contributed by atoms with Crippen molar-refractivity contribution in [1.82, 2.24) is 29.9 Å². The first-order chi connectivity index (χ1) is 64.5. The molecule has 23 heteroatoms. The number of nitro benzene ring substituents is 2. The van der Waals surface area contributed by atoms with Crippen LogP contribution in [0.4, 0.5) is 11.4 Å². The summed E-state index contributed by atoms with van der Waals surface area (Å²) >= 11 is 20.6. The second-order valence-corrected chi connectivity index (χ2v) is 33.7. The molecule has 0 fully saturated rings. The number of nitro groups is 2. The summed E-state index contributed by atoms with van der Waals surface area (Å²) < 4.78 is 0.514. The van der Waals surface area contributed by atoms with Gasteiger partial charge in [0.2, 0.25) is 5.28 Å². The SMILES string of the molecule is Clc1ccc(-c2nc(-c3ccccc3)nc(-c3ccccc3)n2)cc1.Clc1nc(-c2ccccc2)nc(-c2ccccc2)n1.O=[N+]([O-])c1ccccc1-c1cccc2ccccc12.O=[N+]([O-])c1ccccc1Br.OB(O)c1ccc(Cl)cc1.OB(O)c1cccc2ccccc12.c1ccc(P(c2ccccc2)c2ccccc2)cc1.c1ccc2c(c1)Cc1ccc3ccccc3c1-2. The van der Waals surface area contributed by atoms with Crippen molar-refractivity contribution in [2.75, 3.05) is 0 Å². The highest BCUT2D eigenvalue weighted by Crippen LogP contribution is 2.42. The van der Waals surface area contributed by atoms with Crippen LogP contribution in [0.2, 0.25) is 15.3 Å². The van der Waals surface area contributed by atoms with Gasteiger partial charge in [0, 0.05) is 50.0 Å². The van der Waals surface area contributed by atoms with Crippen LogP contribution in [0.25, 0.3) is 112 Å². The number of para-hydroxylation sites is 2. The molecule has 2 aromatic heterocycles. The highest BCUT2D eigenvalue weighted by molar-refractivity contribution is 9.10. The highest BCUT2D eigenvalue weighted by atomic mass is 79.9. The minimum absolute atomic E-state index is 0.0995. The fourth-order valence-electron chi connectivity index (χ4n) is 14.4. The second-order valence-electron chi connectivity index (χ2n) is 29.4. The summed E-state index contributed by atoms with van der Waals surface area (Å²) in [6, 6.07) is 148. The van der Waals surface area contributed by atoms with Crippen LogP contribution in [0.3, 0.4) is 0 Å². The van der Waals surface area contributed by atoms with Gasteiger partial charge in [-0.05, 0) is 177 Å². The van der Waals surface area contributed by atoms with Gasteiger partial charge in [0.25, 0.3) is 11.4 Å². The predicted octanol–water partition coefficient (Wildman–Crippen LogP) is 24.6. The van der Waals surface area contributed by atoms with Gasteiger partial charge in [-0.25, -0.2) is 19.9 Å². The fourth-order valence-corrected chi connectivity index (χ4v) is 17.6. The normalized spacial score (nSPS) is 10.6. The van der Waals surface area contributed by atoms with Gasteiger partial charge in [-0.2, -0.15) is 9.97 Å². The summed E-state index contributed by atoms with van der Waals surface area (Å²) in [5, 5.41) is 69.1. The Hall–Kier alpha value is -14.7. The number of hydrogen-bond acceptors (Lipinski definition) is 14. The second kappa shape index (κ2) is 47.0. The molecule has 1 aliphatic rings. The molecule has 2 heterocycles. The summed E-state index contributed by atoms with van der Waals surface area (Å²) in [7, 11) is -3.25. The van der Waals surface area contributed by atoms with E-state index in [0.717, 1.165) is 61.3 Å².